The lowest BCUT2D eigenvalue weighted by Gasteiger charge is -2.15. The van der Waals surface area contributed by atoms with Gasteiger partial charge >= 0.3 is 0 Å². The highest BCUT2D eigenvalue weighted by molar-refractivity contribution is 5.94. The van der Waals surface area contributed by atoms with Crippen LogP contribution in [0.5, 0.6) is 0 Å². The Balaban J connectivity index is 2.11. The topological polar surface area (TPSA) is 59.2 Å². The lowest BCUT2D eigenvalue weighted by Crippen LogP contribution is -2.28. The quantitative estimate of drug-likeness (QED) is 0.776. The molecule has 1 amide bonds. The molecule has 0 bridgehead atoms. The molecule has 4 nitrogen and oxygen atoms in total. The van der Waals surface area contributed by atoms with Crippen molar-refractivity contribution in [1.29, 1.82) is 0 Å². The highest BCUT2D eigenvalue weighted by atomic mass is 16.2. The third-order valence-corrected chi connectivity index (χ3v) is 3.31. The maximum atomic E-state index is 12.1. The number of anilines is 1. The molecule has 2 heterocycles. The number of nitrogens with zero attached hydrogens (tertiary/aromatic N) is 2. The second-order valence-electron chi connectivity index (χ2n) is 4.64. The van der Waals surface area contributed by atoms with Crippen molar-refractivity contribution in [3.8, 4) is 0 Å². The molecule has 0 aromatic carbocycles. The van der Waals surface area contributed by atoms with E-state index in [0.717, 1.165) is 13.1 Å². The van der Waals surface area contributed by atoms with Gasteiger partial charge in [0, 0.05) is 19.3 Å². The van der Waals surface area contributed by atoms with Crippen molar-refractivity contribution in [2.45, 2.75) is 13.8 Å². The predicted octanol–water partition coefficient (Wildman–Crippen LogP) is 1.39. The average molecular weight is 219 g/mol. The Morgan fingerprint density at radius 2 is 2.00 bits per heavy atom. The summed E-state index contributed by atoms with van der Waals surface area (Å²) in [6.45, 7) is 6.03. The normalized spacial score (nSPS) is 24.8. The van der Waals surface area contributed by atoms with Crippen molar-refractivity contribution < 1.29 is 4.79 Å². The van der Waals surface area contributed by atoms with Gasteiger partial charge in [-0.2, -0.15) is 0 Å². The lowest BCUT2D eigenvalue weighted by atomic mass is 10.0. The summed E-state index contributed by atoms with van der Waals surface area (Å²) in [6, 6.07) is 3.40. The molecule has 1 aliphatic rings. The van der Waals surface area contributed by atoms with E-state index in [-0.39, 0.29) is 5.91 Å². The minimum Gasteiger partial charge on any atom is -0.384 e. The van der Waals surface area contributed by atoms with E-state index in [1.54, 1.807) is 18.3 Å². The fraction of sp³-hybridized carbons (Fsp3) is 0.500. The maximum absolute atomic E-state index is 12.1. The first-order valence-corrected chi connectivity index (χ1v) is 5.58. The highest BCUT2D eigenvalue weighted by Crippen LogP contribution is 2.23. The number of hydrogen-bond acceptors (Lipinski definition) is 3. The van der Waals surface area contributed by atoms with Crippen molar-refractivity contribution in [2.24, 2.45) is 11.8 Å². The summed E-state index contributed by atoms with van der Waals surface area (Å²) in [5.41, 5.74) is 6.11. The van der Waals surface area contributed by atoms with Gasteiger partial charge in [0.05, 0.1) is 5.56 Å². The molecule has 0 saturated carbocycles. The number of aromatic nitrogens is 1. The summed E-state index contributed by atoms with van der Waals surface area (Å²) in [7, 11) is 0. The number of amides is 1. The van der Waals surface area contributed by atoms with Crippen LogP contribution in [0.15, 0.2) is 18.3 Å². The first-order valence-electron chi connectivity index (χ1n) is 5.58. The van der Waals surface area contributed by atoms with Gasteiger partial charge in [-0.15, -0.1) is 0 Å². The second-order valence-corrected chi connectivity index (χ2v) is 4.64. The molecule has 1 saturated heterocycles. The van der Waals surface area contributed by atoms with Crippen LogP contribution in [0.1, 0.15) is 24.2 Å². The van der Waals surface area contributed by atoms with E-state index in [2.05, 4.69) is 18.8 Å². The zero-order chi connectivity index (χ0) is 11.7. The summed E-state index contributed by atoms with van der Waals surface area (Å²) in [5.74, 6) is 1.65. The molecule has 0 aliphatic carbocycles. The third kappa shape index (κ3) is 2.01. The molecule has 0 radical (unpaired) electrons. The minimum atomic E-state index is 0.0590. The van der Waals surface area contributed by atoms with Crippen molar-refractivity contribution in [1.82, 2.24) is 9.88 Å². The summed E-state index contributed by atoms with van der Waals surface area (Å²) >= 11 is 0. The van der Waals surface area contributed by atoms with Crippen molar-refractivity contribution in [3.05, 3.63) is 23.9 Å². The number of pyridine rings is 1. The molecule has 1 aromatic rings. The fourth-order valence-electron chi connectivity index (χ4n) is 2.01. The van der Waals surface area contributed by atoms with Gasteiger partial charge in [0.25, 0.3) is 5.91 Å². The predicted molar refractivity (Wildman–Crippen MR) is 62.9 cm³/mol. The molecule has 16 heavy (non-hydrogen) atoms. The van der Waals surface area contributed by atoms with E-state index >= 15 is 0 Å². The van der Waals surface area contributed by atoms with Crippen LogP contribution in [-0.2, 0) is 0 Å². The van der Waals surface area contributed by atoms with Crippen LogP contribution in [0.3, 0.4) is 0 Å². The van der Waals surface area contributed by atoms with Crippen LogP contribution in [0.4, 0.5) is 5.82 Å². The molecule has 1 fully saturated rings. The summed E-state index contributed by atoms with van der Waals surface area (Å²) < 4.78 is 0. The van der Waals surface area contributed by atoms with Gasteiger partial charge in [0.15, 0.2) is 0 Å². The first kappa shape index (κ1) is 10.9. The number of hydrogen-bond donors (Lipinski definition) is 1. The number of likely N-dealkylation sites (tertiary alicyclic amines) is 1. The highest BCUT2D eigenvalue weighted by Gasteiger charge is 2.29. The molecule has 4 heteroatoms. The second kappa shape index (κ2) is 4.12. The van der Waals surface area contributed by atoms with Gasteiger partial charge in [-0.05, 0) is 24.0 Å². The van der Waals surface area contributed by atoms with Gasteiger partial charge in [-0.3, -0.25) is 4.79 Å². The molecule has 1 aromatic heterocycles. The van der Waals surface area contributed by atoms with Crippen LogP contribution in [0.2, 0.25) is 0 Å². The van der Waals surface area contributed by atoms with Gasteiger partial charge < -0.3 is 10.6 Å². The molecular weight excluding hydrogens is 202 g/mol. The molecule has 0 spiro atoms. The Morgan fingerprint density at radius 3 is 2.50 bits per heavy atom. The Kier molecular flexibility index (Phi) is 2.81. The Hall–Kier alpha value is -1.58. The van der Waals surface area contributed by atoms with E-state index in [1.807, 2.05) is 4.90 Å². The van der Waals surface area contributed by atoms with E-state index in [4.69, 9.17) is 5.73 Å². The SMILES string of the molecule is CC1CN(C(=O)c2ccc(N)nc2)CC1C. The third-order valence-electron chi connectivity index (χ3n) is 3.31. The average Bonchev–Trinajstić information content (AvgIpc) is 2.59. The van der Waals surface area contributed by atoms with Gasteiger partial charge in [0.1, 0.15) is 5.82 Å². The van der Waals surface area contributed by atoms with E-state index in [9.17, 15) is 4.79 Å². The number of rotatable bonds is 1. The number of nitrogens with two attached hydrogens (primary N) is 1. The van der Waals surface area contributed by atoms with E-state index in [1.165, 1.54) is 0 Å². The minimum absolute atomic E-state index is 0.0590. The van der Waals surface area contributed by atoms with Crippen LogP contribution >= 0.6 is 0 Å². The number of carbonyl (C=O) groups excluding carboxylic acids is 1. The Morgan fingerprint density at radius 1 is 1.38 bits per heavy atom. The summed E-state index contributed by atoms with van der Waals surface area (Å²) in [5, 5.41) is 0. The van der Waals surface area contributed by atoms with Crippen LogP contribution < -0.4 is 5.73 Å². The number of carbonyl (C=O) groups is 1. The zero-order valence-corrected chi connectivity index (χ0v) is 9.68. The summed E-state index contributed by atoms with van der Waals surface area (Å²) in [6.07, 6.45) is 1.55. The maximum Gasteiger partial charge on any atom is 0.255 e. The molecule has 86 valence electrons. The van der Waals surface area contributed by atoms with E-state index in [0.29, 0.717) is 23.2 Å². The Labute approximate surface area is 95.5 Å². The summed E-state index contributed by atoms with van der Waals surface area (Å²) in [4.78, 5) is 17.9. The zero-order valence-electron chi connectivity index (χ0n) is 9.68. The van der Waals surface area contributed by atoms with Crippen molar-refractivity contribution in [3.63, 3.8) is 0 Å². The smallest absolute Gasteiger partial charge is 0.255 e. The Bertz CT molecular complexity index is 378. The van der Waals surface area contributed by atoms with Crippen molar-refractivity contribution in [2.75, 3.05) is 18.8 Å². The van der Waals surface area contributed by atoms with Gasteiger partial charge in [-0.25, -0.2) is 4.98 Å². The monoisotopic (exact) mass is 219 g/mol. The van der Waals surface area contributed by atoms with E-state index < -0.39 is 0 Å². The lowest BCUT2D eigenvalue weighted by molar-refractivity contribution is 0.0784. The van der Waals surface area contributed by atoms with Crippen LogP contribution in [-0.4, -0.2) is 28.9 Å². The van der Waals surface area contributed by atoms with Crippen molar-refractivity contribution >= 4 is 11.7 Å². The van der Waals surface area contributed by atoms with Crippen LogP contribution in [0, 0.1) is 11.8 Å². The standard InChI is InChI=1S/C12H17N3O/c1-8-6-15(7-9(8)2)12(16)10-3-4-11(13)14-5-10/h3-5,8-9H,6-7H2,1-2H3,(H2,13,14). The molecule has 2 atom stereocenters. The fourth-order valence-corrected chi connectivity index (χ4v) is 2.01. The van der Waals surface area contributed by atoms with Gasteiger partial charge in [-0.1, -0.05) is 13.8 Å². The molecular formula is C12H17N3O. The van der Waals surface area contributed by atoms with Crippen LogP contribution in [0.25, 0.3) is 0 Å². The molecule has 1 aliphatic heterocycles. The molecule has 2 N–H and O–H groups in total. The number of nitrogen functional groups attached to an aromatic ring is 1. The van der Waals surface area contributed by atoms with Gasteiger partial charge in [0.2, 0.25) is 0 Å². The molecule has 2 unspecified atom stereocenters. The largest absolute Gasteiger partial charge is 0.384 e. The molecule has 2 rings (SSSR count). The first-order chi connectivity index (χ1) is 7.58.